The standard InChI is InChI=1S/C15H18BrN3O/c1-11-6-4-5-9-19(11)10-14-17-18-15(20-14)12-7-2-3-8-13(12)16/h2-3,7-8,11H,4-6,9-10H2,1H3/t11-/m0/s1. The quantitative estimate of drug-likeness (QED) is 0.853. The molecule has 0 aliphatic carbocycles. The van der Waals surface area contributed by atoms with Crippen molar-refractivity contribution < 1.29 is 4.42 Å². The predicted molar refractivity (Wildman–Crippen MR) is 81.2 cm³/mol. The van der Waals surface area contributed by atoms with Gasteiger partial charge in [0, 0.05) is 10.5 Å². The maximum Gasteiger partial charge on any atom is 0.248 e. The zero-order valence-corrected chi connectivity index (χ0v) is 13.1. The van der Waals surface area contributed by atoms with Crippen LogP contribution >= 0.6 is 15.9 Å². The summed E-state index contributed by atoms with van der Waals surface area (Å²) in [4.78, 5) is 2.42. The summed E-state index contributed by atoms with van der Waals surface area (Å²) in [6, 6.07) is 8.50. The minimum absolute atomic E-state index is 0.581. The van der Waals surface area contributed by atoms with Crippen molar-refractivity contribution in [1.29, 1.82) is 0 Å². The molecule has 2 aromatic rings. The molecule has 2 heterocycles. The van der Waals surface area contributed by atoms with Gasteiger partial charge in [-0.1, -0.05) is 18.6 Å². The number of nitrogens with zero attached hydrogens (tertiary/aromatic N) is 3. The number of piperidine rings is 1. The Kier molecular flexibility index (Phi) is 4.17. The summed E-state index contributed by atoms with van der Waals surface area (Å²) < 4.78 is 6.78. The Bertz CT molecular complexity index is 584. The van der Waals surface area contributed by atoms with Crippen LogP contribution in [-0.2, 0) is 6.54 Å². The summed E-state index contributed by atoms with van der Waals surface area (Å²) >= 11 is 3.51. The molecule has 1 aromatic carbocycles. The van der Waals surface area contributed by atoms with Gasteiger partial charge in [0.1, 0.15) is 0 Å². The van der Waals surface area contributed by atoms with Crippen molar-refractivity contribution in [2.75, 3.05) is 6.54 Å². The molecule has 0 saturated carbocycles. The number of aromatic nitrogens is 2. The van der Waals surface area contributed by atoms with Gasteiger partial charge in [-0.15, -0.1) is 10.2 Å². The fraction of sp³-hybridized carbons (Fsp3) is 0.467. The summed E-state index contributed by atoms with van der Waals surface area (Å²) in [5, 5.41) is 8.35. The van der Waals surface area contributed by atoms with Crippen LogP contribution in [-0.4, -0.2) is 27.7 Å². The molecule has 0 unspecified atom stereocenters. The third-order valence-corrected chi connectivity index (χ3v) is 4.54. The molecule has 106 valence electrons. The Morgan fingerprint density at radius 1 is 1.30 bits per heavy atom. The molecule has 0 amide bonds. The van der Waals surface area contributed by atoms with E-state index >= 15 is 0 Å². The van der Waals surface area contributed by atoms with Crippen LogP contribution in [0.3, 0.4) is 0 Å². The van der Waals surface area contributed by atoms with E-state index in [1.54, 1.807) is 0 Å². The summed E-state index contributed by atoms with van der Waals surface area (Å²) in [6.07, 6.45) is 3.84. The normalized spacial score (nSPS) is 20.2. The Morgan fingerprint density at radius 3 is 2.95 bits per heavy atom. The fourth-order valence-corrected chi connectivity index (χ4v) is 3.08. The van der Waals surface area contributed by atoms with Gasteiger partial charge >= 0.3 is 0 Å². The molecule has 0 spiro atoms. The minimum Gasteiger partial charge on any atom is -0.419 e. The molecule has 20 heavy (non-hydrogen) atoms. The lowest BCUT2D eigenvalue weighted by Crippen LogP contribution is -2.36. The first kappa shape index (κ1) is 13.8. The highest BCUT2D eigenvalue weighted by Gasteiger charge is 2.21. The summed E-state index contributed by atoms with van der Waals surface area (Å²) in [5.41, 5.74) is 0.943. The van der Waals surface area contributed by atoms with E-state index in [4.69, 9.17) is 4.42 Å². The lowest BCUT2D eigenvalue weighted by molar-refractivity contribution is 0.139. The first-order valence-electron chi connectivity index (χ1n) is 7.05. The first-order valence-corrected chi connectivity index (χ1v) is 7.84. The average Bonchev–Trinajstić information content (AvgIpc) is 2.90. The maximum atomic E-state index is 5.81. The molecular formula is C15H18BrN3O. The van der Waals surface area contributed by atoms with E-state index in [1.165, 1.54) is 19.3 Å². The molecule has 0 radical (unpaired) electrons. The van der Waals surface area contributed by atoms with Crippen molar-refractivity contribution >= 4 is 15.9 Å². The second kappa shape index (κ2) is 6.06. The average molecular weight is 336 g/mol. The predicted octanol–water partition coefficient (Wildman–Crippen LogP) is 3.87. The third-order valence-electron chi connectivity index (χ3n) is 3.85. The Labute approximate surface area is 127 Å². The largest absolute Gasteiger partial charge is 0.419 e. The van der Waals surface area contributed by atoms with E-state index in [2.05, 4.69) is 38.0 Å². The van der Waals surface area contributed by atoms with E-state index < -0.39 is 0 Å². The number of benzene rings is 1. The zero-order valence-electron chi connectivity index (χ0n) is 11.6. The van der Waals surface area contributed by atoms with Gasteiger partial charge < -0.3 is 4.42 Å². The molecular weight excluding hydrogens is 318 g/mol. The van der Waals surface area contributed by atoms with E-state index in [0.717, 1.165) is 23.1 Å². The molecule has 1 aliphatic heterocycles. The number of rotatable bonds is 3. The van der Waals surface area contributed by atoms with Gasteiger partial charge in [-0.25, -0.2) is 0 Å². The van der Waals surface area contributed by atoms with Gasteiger partial charge in [-0.2, -0.15) is 0 Å². The summed E-state index contributed by atoms with van der Waals surface area (Å²) in [7, 11) is 0. The Morgan fingerprint density at radius 2 is 2.15 bits per heavy atom. The van der Waals surface area contributed by atoms with Crippen LogP contribution < -0.4 is 0 Å². The van der Waals surface area contributed by atoms with Crippen LogP contribution in [0.25, 0.3) is 11.5 Å². The third kappa shape index (κ3) is 2.94. The number of halogens is 1. The van der Waals surface area contributed by atoms with Crippen molar-refractivity contribution in [3.63, 3.8) is 0 Å². The second-order valence-electron chi connectivity index (χ2n) is 5.30. The number of hydrogen-bond acceptors (Lipinski definition) is 4. The Balaban J connectivity index is 1.75. The molecule has 0 N–H and O–H groups in total. The van der Waals surface area contributed by atoms with Crippen molar-refractivity contribution in [2.24, 2.45) is 0 Å². The molecule has 1 fully saturated rings. The van der Waals surface area contributed by atoms with E-state index in [9.17, 15) is 0 Å². The molecule has 5 heteroatoms. The zero-order chi connectivity index (χ0) is 13.9. The maximum absolute atomic E-state index is 5.81. The van der Waals surface area contributed by atoms with Gasteiger partial charge in [0.2, 0.25) is 11.8 Å². The van der Waals surface area contributed by atoms with Crippen LogP contribution in [0.5, 0.6) is 0 Å². The molecule has 3 rings (SSSR count). The van der Waals surface area contributed by atoms with Gasteiger partial charge in [-0.3, -0.25) is 4.90 Å². The molecule has 1 saturated heterocycles. The highest BCUT2D eigenvalue weighted by molar-refractivity contribution is 9.10. The van der Waals surface area contributed by atoms with Gasteiger partial charge in [0.15, 0.2) is 0 Å². The highest BCUT2D eigenvalue weighted by Crippen LogP contribution is 2.27. The van der Waals surface area contributed by atoms with Crippen LogP contribution in [0.1, 0.15) is 32.1 Å². The number of hydrogen-bond donors (Lipinski definition) is 0. The molecule has 1 aliphatic rings. The molecule has 0 bridgehead atoms. The van der Waals surface area contributed by atoms with E-state index in [1.807, 2.05) is 24.3 Å². The summed E-state index contributed by atoms with van der Waals surface area (Å²) in [5.74, 6) is 1.28. The van der Waals surface area contributed by atoms with Crippen LogP contribution in [0, 0.1) is 0 Å². The van der Waals surface area contributed by atoms with Crippen LogP contribution in [0.4, 0.5) is 0 Å². The van der Waals surface area contributed by atoms with Crippen molar-refractivity contribution in [1.82, 2.24) is 15.1 Å². The second-order valence-corrected chi connectivity index (χ2v) is 6.15. The van der Waals surface area contributed by atoms with Crippen molar-refractivity contribution in [3.8, 4) is 11.5 Å². The molecule has 1 aromatic heterocycles. The van der Waals surface area contributed by atoms with Crippen LogP contribution in [0.2, 0.25) is 0 Å². The SMILES string of the molecule is C[C@H]1CCCCN1Cc1nnc(-c2ccccc2Br)o1. The monoisotopic (exact) mass is 335 g/mol. The molecule has 1 atom stereocenters. The van der Waals surface area contributed by atoms with Crippen molar-refractivity contribution in [3.05, 3.63) is 34.6 Å². The van der Waals surface area contributed by atoms with Gasteiger partial charge in [-0.05, 0) is 54.4 Å². The molecule has 4 nitrogen and oxygen atoms in total. The lowest BCUT2D eigenvalue weighted by atomic mass is 10.0. The van der Waals surface area contributed by atoms with Gasteiger partial charge in [0.25, 0.3) is 0 Å². The lowest BCUT2D eigenvalue weighted by Gasteiger charge is -2.31. The minimum atomic E-state index is 0.581. The number of likely N-dealkylation sites (tertiary alicyclic amines) is 1. The Hall–Kier alpha value is -1.20. The van der Waals surface area contributed by atoms with E-state index in [-0.39, 0.29) is 0 Å². The van der Waals surface area contributed by atoms with Gasteiger partial charge in [0.05, 0.1) is 12.1 Å². The highest BCUT2D eigenvalue weighted by atomic mass is 79.9. The van der Waals surface area contributed by atoms with Crippen molar-refractivity contribution in [2.45, 2.75) is 38.8 Å². The van der Waals surface area contributed by atoms with Crippen LogP contribution in [0.15, 0.2) is 33.2 Å². The smallest absolute Gasteiger partial charge is 0.248 e. The first-order chi connectivity index (χ1) is 9.74. The fourth-order valence-electron chi connectivity index (χ4n) is 2.63. The topological polar surface area (TPSA) is 42.2 Å². The van der Waals surface area contributed by atoms with E-state index in [0.29, 0.717) is 17.8 Å². The summed E-state index contributed by atoms with van der Waals surface area (Å²) in [6.45, 7) is 4.14.